The van der Waals surface area contributed by atoms with Crippen LogP contribution in [-0.4, -0.2) is 39.2 Å². The minimum absolute atomic E-state index is 0.0357. The Morgan fingerprint density at radius 2 is 2.00 bits per heavy atom. The first-order chi connectivity index (χ1) is 9.05. The molecule has 0 aromatic heterocycles. The van der Waals surface area contributed by atoms with E-state index in [0.717, 1.165) is 6.07 Å². The molecule has 6 heteroatoms. The van der Waals surface area contributed by atoms with Gasteiger partial charge in [0.2, 0.25) is 0 Å². The zero-order valence-corrected chi connectivity index (χ0v) is 10.6. The maximum atomic E-state index is 13.6. The number of ketones is 1. The van der Waals surface area contributed by atoms with Crippen LogP contribution in [0.1, 0.15) is 10.4 Å². The second kappa shape index (κ2) is 4.97. The normalized spacial score (nSPS) is 16.4. The minimum Gasteiger partial charge on any atom is -0.494 e. The Morgan fingerprint density at radius 3 is 2.42 bits per heavy atom. The van der Waals surface area contributed by atoms with Crippen molar-refractivity contribution >= 4 is 11.8 Å². The highest BCUT2D eigenvalue weighted by Gasteiger charge is 2.54. The summed E-state index contributed by atoms with van der Waals surface area (Å²) in [6.45, 7) is -0.0989. The molecule has 1 fully saturated rings. The molecule has 0 radical (unpaired) electrons. The summed E-state index contributed by atoms with van der Waals surface area (Å²) in [5, 5.41) is 0. The lowest BCUT2D eigenvalue weighted by atomic mass is 9.78. The Kier molecular flexibility index (Phi) is 3.53. The van der Waals surface area contributed by atoms with Crippen molar-refractivity contribution in [1.29, 1.82) is 0 Å². The fraction of sp³-hybridized carbons (Fsp3) is 0.385. The molecule has 1 heterocycles. The van der Waals surface area contributed by atoms with Crippen LogP contribution >= 0.6 is 0 Å². The van der Waals surface area contributed by atoms with Crippen LogP contribution in [0, 0.1) is 11.2 Å². The van der Waals surface area contributed by atoms with E-state index in [1.807, 2.05) is 0 Å². The summed E-state index contributed by atoms with van der Waals surface area (Å²) < 4.78 is 27.9. The molecule has 19 heavy (non-hydrogen) atoms. The van der Waals surface area contributed by atoms with Crippen molar-refractivity contribution in [2.45, 2.75) is 0 Å². The van der Waals surface area contributed by atoms with Gasteiger partial charge in [0.25, 0.3) is 0 Å². The second-order valence-corrected chi connectivity index (χ2v) is 4.24. The van der Waals surface area contributed by atoms with Crippen LogP contribution in [0.3, 0.4) is 0 Å². The number of benzene rings is 1. The fourth-order valence-corrected chi connectivity index (χ4v) is 1.93. The van der Waals surface area contributed by atoms with E-state index in [1.165, 1.54) is 26.4 Å². The Balaban J connectivity index is 2.33. The predicted octanol–water partition coefficient (Wildman–Crippen LogP) is 1.21. The molecule has 5 nitrogen and oxygen atoms in total. The lowest BCUT2D eigenvalue weighted by Gasteiger charge is -2.36. The minimum atomic E-state index is -1.35. The predicted molar refractivity (Wildman–Crippen MR) is 62.6 cm³/mol. The van der Waals surface area contributed by atoms with Gasteiger partial charge in [-0.15, -0.1) is 0 Å². The monoisotopic (exact) mass is 268 g/mol. The van der Waals surface area contributed by atoms with Crippen LogP contribution in [0.15, 0.2) is 18.2 Å². The summed E-state index contributed by atoms with van der Waals surface area (Å²) in [4.78, 5) is 24.0. The second-order valence-electron chi connectivity index (χ2n) is 4.24. The van der Waals surface area contributed by atoms with Gasteiger partial charge in [-0.25, -0.2) is 4.39 Å². The van der Waals surface area contributed by atoms with Gasteiger partial charge in [-0.2, -0.15) is 0 Å². The van der Waals surface area contributed by atoms with Crippen molar-refractivity contribution in [3.05, 3.63) is 29.6 Å². The van der Waals surface area contributed by atoms with Crippen molar-refractivity contribution in [3.8, 4) is 5.75 Å². The number of carbonyl (C=O) groups is 2. The van der Waals surface area contributed by atoms with Crippen LogP contribution in [0.4, 0.5) is 4.39 Å². The van der Waals surface area contributed by atoms with Gasteiger partial charge in [-0.05, 0) is 18.2 Å². The average Bonchev–Trinajstić information content (AvgIpc) is 2.36. The molecule has 2 rings (SSSR count). The van der Waals surface area contributed by atoms with Gasteiger partial charge in [0.05, 0.1) is 27.4 Å². The Morgan fingerprint density at radius 1 is 1.32 bits per heavy atom. The molecule has 0 aliphatic carbocycles. The van der Waals surface area contributed by atoms with E-state index in [2.05, 4.69) is 4.74 Å². The number of Topliss-reactive ketones (excluding diaryl/α,β-unsaturated/α-hetero) is 1. The van der Waals surface area contributed by atoms with Crippen molar-refractivity contribution in [2.75, 3.05) is 27.4 Å². The lowest BCUT2D eigenvalue weighted by Crippen LogP contribution is -2.55. The van der Waals surface area contributed by atoms with Gasteiger partial charge in [0, 0.05) is 5.56 Å². The topological polar surface area (TPSA) is 61.8 Å². The summed E-state index contributed by atoms with van der Waals surface area (Å²) in [5.41, 5.74) is -1.26. The number of hydrogen-bond donors (Lipinski definition) is 0. The SMILES string of the molecule is COC(=O)C1(C(=O)c2ccc(OC)c(F)c2)COC1. The summed E-state index contributed by atoms with van der Waals surface area (Å²) in [6.07, 6.45) is 0. The number of ether oxygens (including phenoxy) is 3. The molecule has 1 saturated heterocycles. The molecule has 1 aliphatic rings. The number of halogens is 1. The smallest absolute Gasteiger partial charge is 0.324 e. The van der Waals surface area contributed by atoms with Crippen LogP contribution in [0.25, 0.3) is 0 Å². The standard InChI is InChI=1S/C13H13FO5/c1-17-10-4-3-8(5-9(10)14)11(15)13(6-19-7-13)12(16)18-2/h3-5H,6-7H2,1-2H3. The zero-order chi connectivity index (χ0) is 14.0. The molecule has 0 spiro atoms. The first-order valence-electron chi connectivity index (χ1n) is 5.59. The Bertz CT molecular complexity index is 522. The average molecular weight is 268 g/mol. The Hall–Kier alpha value is -1.95. The summed E-state index contributed by atoms with van der Waals surface area (Å²) in [6, 6.07) is 3.80. The third-order valence-electron chi connectivity index (χ3n) is 3.12. The number of esters is 1. The van der Waals surface area contributed by atoms with Gasteiger partial charge < -0.3 is 14.2 Å². The van der Waals surface area contributed by atoms with Crippen LogP contribution in [0.2, 0.25) is 0 Å². The molecule has 0 bridgehead atoms. The van der Waals surface area contributed by atoms with Gasteiger partial charge >= 0.3 is 5.97 Å². The fourth-order valence-electron chi connectivity index (χ4n) is 1.93. The molecule has 0 atom stereocenters. The zero-order valence-electron chi connectivity index (χ0n) is 10.6. The third-order valence-corrected chi connectivity index (χ3v) is 3.12. The highest BCUT2D eigenvalue weighted by Crippen LogP contribution is 2.34. The van der Waals surface area contributed by atoms with E-state index < -0.39 is 23.0 Å². The van der Waals surface area contributed by atoms with Gasteiger partial charge in [0.15, 0.2) is 22.8 Å². The van der Waals surface area contributed by atoms with Crippen LogP contribution in [0.5, 0.6) is 5.75 Å². The number of hydrogen-bond acceptors (Lipinski definition) is 5. The van der Waals surface area contributed by atoms with E-state index in [-0.39, 0.29) is 24.5 Å². The summed E-state index contributed by atoms with van der Waals surface area (Å²) in [7, 11) is 2.53. The van der Waals surface area contributed by atoms with Gasteiger partial charge in [-0.3, -0.25) is 9.59 Å². The van der Waals surface area contributed by atoms with Crippen molar-refractivity contribution in [1.82, 2.24) is 0 Å². The van der Waals surface area contributed by atoms with E-state index in [4.69, 9.17) is 9.47 Å². The maximum Gasteiger partial charge on any atom is 0.324 e. The summed E-state index contributed by atoms with van der Waals surface area (Å²) in [5.74, 6) is -1.80. The number of carbonyl (C=O) groups excluding carboxylic acids is 2. The first kappa shape index (κ1) is 13.5. The van der Waals surface area contributed by atoms with Crippen molar-refractivity contribution in [2.24, 2.45) is 5.41 Å². The van der Waals surface area contributed by atoms with Crippen molar-refractivity contribution < 1.29 is 28.2 Å². The highest BCUT2D eigenvalue weighted by molar-refractivity contribution is 6.13. The molecule has 1 aromatic carbocycles. The lowest BCUT2D eigenvalue weighted by molar-refractivity contribution is -0.172. The molecule has 0 amide bonds. The first-order valence-corrected chi connectivity index (χ1v) is 5.59. The molecule has 0 unspecified atom stereocenters. The molecular formula is C13H13FO5. The van der Waals surface area contributed by atoms with Crippen LogP contribution in [-0.2, 0) is 14.3 Å². The van der Waals surface area contributed by atoms with E-state index >= 15 is 0 Å². The van der Waals surface area contributed by atoms with Crippen molar-refractivity contribution in [3.63, 3.8) is 0 Å². The van der Waals surface area contributed by atoms with E-state index in [9.17, 15) is 14.0 Å². The Labute approximate surface area is 109 Å². The highest BCUT2D eigenvalue weighted by atomic mass is 19.1. The van der Waals surface area contributed by atoms with Gasteiger partial charge in [-0.1, -0.05) is 0 Å². The van der Waals surface area contributed by atoms with E-state index in [1.54, 1.807) is 0 Å². The molecule has 0 N–H and O–H groups in total. The molecule has 0 saturated carbocycles. The van der Waals surface area contributed by atoms with E-state index in [0.29, 0.717) is 0 Å². The third kappa shape index (κ3) is 2.08. The quantitative estimate of drug-likeness (QED) is 0.466. The molecule has 1 aliphatic heterocycles. The van der Waals surface area contributed by atoms with Gasteiger partial charge in [0.1, 0.15) is 0 Å². The number of rotatable bonds is 4. The summed E-state index contributed by atoms with van der Waals surface area (Å²) >= 11 is 0. The number of methoxy groups -OCH3 is 2. The van der Waals surface area contributed by atoms with Crippen LogP contribution < -0.4 is 4.74 Å². The largest absolute Gasteiger partial charge is 0.494 e. The maximum absolute atomic E-state index is 13.6. The molecular weight excluding hydrogens is 255 g/mol. The molecule has 1 aromatic rings. The molecule has 102 valence electrons.